The van der Waals surface area contributed by atoms with Crippen LogP contribution in [0.4, 0.5) is 0 Å². The largest absolute Gasteiger partial charge is 0.467 e. The van der Waals surface area contributed by atoms with E-state index in [2.05, 4.69) is 27.0 Å². The topological polar surface area (TPSA) is 75.5 Å². The summed E-state index contributed by atoms with van der Waals surface area (Å²) in [5.74, 6) is 1.06. The fraction of sp³-hybridized carbons (Fsp3) is 0.370. The van der Waals surface area contributed by atoms with Crippen molar-refractivity contribution in [2.75, 3.05) is 26.7 Å². The number of hydrogen-bond acceptors (Lipinski definition) is 6. The first-order valence-corrected chi connectivity index (χ1v) is 11.5. The van der Waals surface area contributed by atoms with Crippen molar-refractivity contribution in [3.8, 4) is 17.1 Å². The molecule has 1 saturated carbocycles. The molecule has 3 aromatic rings. The molecular weight excluding hydrogens is 414 g/mol. The maximum absolute atomic E-state index is 12.9. The van der Waals surface area contributed by atoms with Crippen LogP contribution in [0.15, 0.2) is 67.0 Å². The maximum atomic E-state index is 12.9. The molecular formula is C27H29N3O3. The Kier molecular flexibility index (Phi) is 5.96. The summed E-state index contributed by atoms with van der Waals surface area (Å²) in [7, 11) is 1.54. The average Bonchev–Trinajstić information content (AvgIpc) is 3.33. The number of aromatic nitrogens is 2. The van der Waals surface area contributed by atoms with E-state index in [9.17, 15) is 9.90 Å². The van der Waals surface area contributed by atoms with Crippen molar-refractivity contribution in [1.29, 1.82) is 0 Å². The molecule has 0 amide bonds. The summed E-state index contributed by atoms with van der Waals surface area (Å²) in [4.78, 5) is 23.4. The minimum absolute atomic E-state index is 0.132. The quantitative estimate of drug-likeness (QED) is 0.562. The van der Waals surface area contributed by atoms with Crippen LogP contribution in [-0.4, -0.2) is 58.1 Å². The Hall–Kier alpha value is -3.09. The fourth-order valence-corrected chi connectivity index (χ4v) is 5.52. The number of Topliss-reactive ketones (excluding diaryl/α,β-unsaturated/α-hetero) is 1. The lowest BCUT2D eigenvalue weighted by Gasteiger charge is -2.26. The van der Waals surface area contributed by atoms with Gasteiger partial charge in [-0.25, -0.2) is 9.97 Å². The number of carbonyl (C=O) groups excluding carboxylic acids is 1. The molecule has 0 radical (unpaired) electrons. The van der Waals surface area contributed by atoms with Crippen molar-refractivity contribution in [1.82, 2.24) is 14.9 Å². The second-order valence-electron chi connectivity index (χ2n) is 9.47. The van der Waals surface area contributed by atoms with Crippen LogP contribution in [0.5, 0.6) is 6.01 Å². The maximum Gasteiger partial charge on any atom is 0.316 e. The van der Waals surface area contributed by atoms with Gasteiger partial charge in [-0.15, -0.1) is 0 Å². The third kappa shape index (κ3) is 4.82. The summed E-state index contributed by atoms with van der Waals surface area (Å²) in [6.45, 7) is 2.19. The van der Waals surface area contributed by atoms with Gasteiger partial charge in [-0.3, -0.25) is 9.69 Å². The Balaban J connectivity index is 1.16. The van der Waals surface area contributed by atoms with E-state index in [0.29, 0.717) is 36.4 Å². The SMILES string of the molecule is COc1ncc(-c2ccc(C(=O)CN3C[C@@H]4CC(O)(Cc5ccccc5)C[C@@H]4C3)cc2)cn1. The second kappa shape index (κ2) is 9.04. The summed E-state index contributed by atoms with van der Waals surface area (Å²) >= 11 is 0. The number of nitrogens with zero attached hydrogens (tertiary/aromatic N) is 3. The fourth-order valence-electron chi connectivity index (χ4n) is 5.52. The van der Waals surface area contributed by atoms with Gasteiger partial charge in [0.2, 0.25) is 0 Å². The van der Waals surface area contributed by atoms with E-state index in [-0.39, 0.29) is 5.78 Å². The lowest BCUT2D eigenvalue weighted by molar-refractivity contribution is 0.0355. The van der Waals surface area contributed by atoms with Crippen molar-refractivity contribution in [2.45, 2.75) is 24.9 Å². The molecule has 6 heteroatoms. The van der Waals surface area contributed by atoms with E-state index in [1.54, 1.807) is 12.4 Å². The summed E-state index contributed by atoms with van der Waals surface area (Å²) < 4.78 is 5.00. The number of fused-ring (bicyclic) bond motifs is 1. The minimum Gasteiger partial charge on any atom is -0.467 e. The molecule has 6 nitrogen and oxygen atoms in total. The van der Waals surface area contributed by atoms with E-state index in [4.69, 9.17) is 4.74 Å². The van der Waals surface area contributed by atoms with E-state index in [0.717, 1.165) is 37.1 Å². The van der Waals surface area contributed by atoms with Crippen LogP contribution in [0.3, 0.4) is 0 Å². The lowest BCUT2D eigenvalue weighted by atomic mass is 9.91. The van der Waals surface area contributed by atoms with Crippen LogP contribution in [0, 0.1) is 11.8 Å². The molecule has 2 fully saturated rings. The minimum atomic E-state index is -0.617. The molecule has 1 N–H and O–H groups in total. The molecule has 1 unspecified atom stereocenters. The van der Waals surface area contributed by atoms with E-state index < -0.39 is 5.60 Å². The van der Waals surface area contributed by atoms with Gasteiger partial charge in [0, 0.05) is 43.0 Å². The number of rotatable bonds is 7. The Labute approximate surface area is 194 Å². The zero-order valence-corrected chi connectivity index (χ0v) is 18.9. The number of carbonyl (C=O) groups is 1. The molecule has 5 rings (SSSR count). The van der Waals surface area contributed by atoms with Crippen molar-refractivity contribution in [3.05, 3.63) is 78.1 Å². The Bertz CT molecular complexity index is 1090. The highest BCUT2D eigenvalue weighted by molar-refractivity contribution is 5.98. The molecule has 1 saturated heterocycles. The first-order chi connectivity index (χ1) is 16.0. The summed E-state index contributed by atoms with van der Waals surface area (Å²) in [6.07, 6.45) is 5.77. The molecule has 2 aliphatic rings. The molecule has 2 aromatic carbocycles. The van der Waals surface area contributed by atoms with Gasteiger partial charge in [0.15, 0.2) is 5.78 Å². The number of ketones is 1. The molecule has 0 spiro atoms. The van der Waals surface area contributed by atoms with Gasteiger partial charge in [-0.1, -0.05) is 54.6 Å². The van der Waals surface area contributed by atoms with Crippen LogP contribution >= 0.6 is 0 Å². The predicted octanol–water partition coefficient (Wildman–Crippen LogP) is 3.65. The number of aliphatic hydroxyl groups is 1. The van der Waals surface area contributed by atoms with E-state index >= 15 is 0 Å². The van der Waals surface area contributed by atoms with Gasteiger partial charge in [0.05, 0.1) is 19.3 Å². The Morgan fingerprint density at radius 3 is 2.24 bits per heavy atom. The smallest absolute Gasteiger partial charge is 0.316 e. The lowest BCUT2D eigenvalue weighted by Crippen LogP contribution is -2.34. The highest BCUT2D eigenvalue weighted by atomic mass is 16.5. The first-order valence-electron chi connectivity index (χ1n) is 11.5. The molecule has 1 aliphatic carbocycles. The average molecular weight is 444 g/mol. The molecule has 1 aromatic heterocycles. The predicted molar refractivity (Wildman–Crippen MR) is 126 cm³/mol. The zero-order chi connectivity index (χ0) is 22.8. The summed E-state index contributed by atoms with van der Waals surface area (Å²) in [5.41, 5.74) is 3.13. The monoisotopic (exact) mass is 443 g/mol. The number of hydrogen-bond donors (Lipinski definition) is 1. The summed E-state index contributed by atoms with van der Waals surface area (Å²) in [6, 6.07) is 18.2. The molecule has 2 heterocycles. The van der Waals surface area contributed by atoms with Crippen molar-refractivity contribution < 1.29 is 14.6 Å². The van der Waals surface area contributed by atoms with Gasteiger partial charge in [0.1, 0.15) is 0 Å². The highest BCUT2D eigenvalue weighted by Gasteiger charge is 2.48. The molecule has 3 atom stereocenters. The molecule has 170 valence electrons. The van der Waals surface area contributed by atoms with Gasteiger partial charge in [-0.2, -0.15) is 0 Å². The molecule has 0 bridgehead atoms. The third-order valence-corrected chi connectivity index (χ3v) is 7.03. The standard InChI is InChI=1S/C27H29N3O3/c1-33-26-28-14-24(15-29-26)20-7-9-21(10-8-20)25(31)18-30-16-22-12-27(32,13-23(22)17-30)11-19-5-3-2-4-6-19/h2-10,14-15,22-23,32H,11-13,16-18H2,1H3/t22-,23+,27?. The van der Waals surface area contributed by atoms with Crippen molar-refractivity contribution in [3.63, 3.8) is 0 Å². The third-order valence-electron chi connectivity index (χ3n) is 7.03. The molecule has 33 heavy (non-hydrogen) atoms. The van der Waals surface area contributed by atoms with Crippen LogP contribution in [0.25, 0.3) is 11.1 Å². The van der Waals surface area contributed by atoms with Crippen LogP contribution < -0.4 is 4.74 Å². The number of ether oxygens (including phenoxy) is 1. The van der Waals surface area contributed by atoms with Gasteiger partial charge >= 0.3 is 6.01 Å². The van der Waals surface area contributed by atoms with Gasteiger partial charge < -0.3 is 9.84 Å². The number of methoxy groups -OCH3 is 1. The van der Waals surface area contributed by atoms with Crippen LogP contribution in [-0.2, 0) is 6.42 Å². The van der Waals surface area contributed by atoms with Crippen molar-refractivity contribution >= 4 is 5.78 Å². The second-order valence-corrected chi connectivity index (χ2v) is 9.47. The Morgan fingerprint density at radius 1 is 1.00 bits per heavy atom. The number of benzene rings is 2. The Morgan fingerprint density at radius 2 is 1.64 bits per heavy atom. The normalized spacial score (nSPS) is 24.5. The van der Waals surface area contributed by atoms with E-state index in [1.807, 2.05) is 42.5 Å². The van der Waals surface area contributed by atoms with Gasteiger partial charge in [-0.05, 0) is 35.8 Å². The molecule has 1 aliphatic heterocycles. The van der Waals surface area contributed by atoms with Crippen molar-refractivity contribution in [2.24, 2.45) is 11.8 Å². The zero-order valence-electron chi connectivity index (χ0n) is 18.9. The highest BCUT2D eigenvalue weighted by Crippen LogP contribution is 2.45. The van der Waals surface area contributed by atoms with Crippen LogP contribution in [0.1, 0.15) is 28.8 Å². The van der Waals surface area contributed by atoms with Crippen LogP contribution in [0.2, 0.25) is 0 Å². The van der Waals surface area contributed by atoms with E-state index in [1.165, 1.54) is 12.7 Å². The first kappa shape index (κ1) is 21.7. The number of likely N-dealkylation sites (tertiary alicyclic amines) is 1. The summed E-state index contributed by atoms with van der Waals surface area (Å²) in [5, 5.41) is 11.1. The van der Waals surface area contributed by atoms with Gasteiger partial charge in [0.25, 0.3) is 0 Å².